The first-order valence-electron chi connectivity index (χ1n) is 7.91. The van der Waals surface area contributed by atoms with Crippen LogP contribution in [0.3, 0.4) is 0 Å². The molecular formula is C17H22N2O3. The molecule has 0 aliphatic heterocycles. The Hall–Kier alpha value is -2.04. The molecule has 0 saturated heterocycles. The molecule has 1 amide bonds. The van der Waals surface area contributed by atoms with Gasteiger partial charge >= 0.3 is 0 Å². The average molecular weight is 302 g/mol. The monoisotopic (exact) mass is 302 g/mol. The second-order valence-electron chi connectivity index (χ2n) is 6.11. The van der Waals surface area contributed by atoms with E-state index in [4.69, 9.17) is 8.94 Å². The molecule has 0 unspecified atom stereocenters. The number of carbonyl (C=O) groups excluding carboxylic acids is 1. The molecule has 1 aliphatic carbocycles. The zero-order valence-corrected chi connectivity index (χ0v) is 13.1. The number of aromatic nitrogens is 1. The summed E-state index contributed by atoms with van der Waals surface area (Å²) in [6, 6.07) is 4.09. The van der Waals surface area contributed by atoms with Crippen LogP contribution in [0, 0.1) is 19.8 Å². The highest BCUT2D eigenvalue weighted by molar-refractivity contribution is 5.96. The van der Waals surface area contributed by atoms with Crippen molar-refractivity contribution in [2.24, 2.45) is 5.92 Å². The van der Waals surface area contributed by atoms with Gasteiger partial charge in [-0.3, -0.25) is 4.79 Å². The van der Waals surface area contributed by atoms with Crippen LogP contribution in [-0.4, -0.2) is 17.1 Å². The fourth-order valence-corrected chi connectivity index (χ4v) is 3.38. The van der Waals surface area contributed by atoms with Crippen molar-refractivity contribution in [2.45, 2.75) is 52.0 Å². The molecule has 0 aromatic carbocycles. The van der Waals surface area contributed by atoms with Crippen molar-refractivity contribution in [1.29, 1.82) is 0 Å². The number of hydrogen-bond donors (Lipinski definition) is 1. The van der Waals surface area contributed by atoms with E-state index in [1.165, 1.54) is 6.42 Å². The largest absolute Gasteiger partial charge is 0.469 e. The quantitative estimate of drug-likeness (QED) is 0.939. The first-order chi connectivity index (χ1) is 10.6. The first kappa shape index (κ1) is 14.9. The van der Waals surface area contributed by atoms with E-state index in [1.807, 2.05) is 12.1 Å². The smallest absolute Gasteiger partial charge is 0.257 e. The fraction of sp³-hybridized carbons (Fsp3) is 0.529. The van der Waals surface area contributed by atoms with E-state index in [0.29, 0.717) is 22.9 Å². The van der Waals surface area contributed by atoms with Gasteiger partial charge in [0.05, 0.1) is 12.0 Å². The minimum atomic E-state index is -0.0763. The third-order valence-electron chi connectivity index (χ3n) is 4.53. The molecule has 0 radical (unpaired) electrons. The van der Waals surface area contributed by atoms with Gasteiger partial charge in [0.25, 0.3) is 5.91 Å². The summed E-state index contributed by atoms with van der Waals surface area (Å²) < 4.78 is 10.6. The summed E-state index contributed by atoms with van der Waals surface area (Å²) in [6.07, 6.45) is 7.08. The predicted octanol–water partition coefficient (Wildman–Crippen LogP) is 3.42. The molecule has 2 aromatic heterocycles. The Balaban J connectivity index is 1.70. The standard InChI is InChI=1S/C17H22N2O3/c1-11-16(12(2)22-19-11)17(20)18-15-8-4-3-6-13(15)10-14-7-5-9-21-14/h5,7,9,13,15H,3-4,6,8,10H2,1-2H3,(H,18,20)/t13-,15-/m1/s1. The molecule has 1 aliphatic rings. The van der Waals surface area contributed by atoms with Gasteiger partial charge in [-0.2, -0.15) is 0 Å². The van der Waals surface area contributed by atoms with Crippen molar-refractivity contribution in [3.8, 4) is 0 Å². The van der Waals surface area contributed by atoms with Crippen LogP contribution in [0.1, 0.15) is 53.3 Å². The molecule has 5 nitrogen and oxygen atoms in total. The van der Waals surface area contributed by atoms with E-state index < -0.39 is 0 Å². The van der Waals surface area contributed by atoms with Gasteiger partial charge in [0.15, 0.2) is 0 Å². The Kier molecular flexibility index (Phi) is 4.32. The number of aryl methyl sites for hydroxylation is 2. The highest BCUT2D eigenvalue weighted by atomic mass is 16.5. The van der Waals surface area contributed by atoms with Crippen molar-refractivity contribution in [3.63, 3.8) is 0 Å². The number of amides is 1. The Morgan fingerprint density at radius 1 is 1.36 bits per heavy atom. The molecule has 1 fully saturated rings. The molecule has 2 heterocycles. The third kappa shape index (κ3) is 3.08. The molecule has 2 aromatic rings. The highest BCUT2D eigenvalue weighted by Crippen LogP contribution is 2.28. The second-order valence-corrected chi connectivity index (χ2v) is 6.11. The molecule has 118 valence electrons. The fourth-order valence-electron chi connectivity index (χ4n) is 3.38. The molecule has 2 atom stereocenters. The Labute approximate surface area is 130 Å². The van der Waals surface area contributed by atoms with E-state index >= 15 is 0 Å². The predicted molar refractivity (Wildman–Crippen MR) is 81.6 cm³/mol. The van der Waals surface area contributed by atoms with Crippen LogP contribution >= 0.6 is 0 Å². The molecule has 1 N–H and O–H groups in total. The van der Waals surface area contributed by atoms with Gasteiger partial charge in [-0.1, -0.05) is 18.0 Å². The molecular weight excluding hydrogens is 280 g/mol. The molecule has 22 heavy (non-hydrogen) atoms. The van der Waals surface area contributed by atoms with E-state index in [1.54, 1.807) is 20.1 Å². The van der Waals surface area contributed by atoms with Gasteiger partial charge in [-0.15, -0.1) is 0 Å². The first-order valence-corrected chi connectivity index (χ1v) is 7.91. The minimum absolute atomic E-state index is 0.0763. The van der Waals surface area contributed by atoms with E-state index in [2.05, 4.69) is 10.5 Å². The number of furan rings is 1. The van der Waals surface area contributed by atoms with Crippen LogP contribution in [0.2, 0.25) is 0 Å². The number of hydrogen-bond acceptors (Lipinski definition) is 4. The van der Waals surface area contributed by atoms with Crippen LogP contribution in [0.5, 0.6) is 0 Å². The summed E-state index contributed by atoms with van der Waals surface area (Å²) in [5, 5.41) is 7.04. The lowest BCUT2D eigenvalue weighted by Crippen LogP contribution is -2.43. The maximum Gasteiger partial charge on any atom is 0.257 e. The zero-order valence-electron chi connectivity index (χ0n) is 13.1. The SMILES string of the molecule is Cc1noc(C)c1C(=O)N[C@@H]1CCCC[C@@H]1Cc1ccco1. The average Bonchev–Trinajstić information content (AvgIpc) is 3.11. The maximum atomic E-state index is 12.5. The Bertz CT molecular complexity index is 611. The van der Waals surface area contributed by atoms with Crippen molar-refractivity contribution < 1.29 is 13.7 Å². The van der Waals surface area contributed by atoms with Crippen molar-refractivity contribution in [3.05, 3.63) is 41.2 Å². The summed E-state index contributed by atoms with van der Waals surface area (Å²) in [7, 11) is 0. The highest BCUT2D eigenvalue weighted by Gasteiger charge is 2.29. The van der Waals surface area contributed by atoms with Crippen LogP contribution in [0.25, 0.3) is 0 Å². The van der Waals surface area contributed by atoms with E-state index in [0.717, 1.165) is 31.4 Å². The second kappa shape index (κ2) is 6.38. The lowest BCUT2D eigenvalue weighted by molar-refractivity contribution is 0.0902. The van der Waals surface area contributed by atoms with Gasteiger partial charge < -0.3 is 14.3 Å². The summed E-state index contributed by atoms with van der Waals surface area (Å²) in [6.45, 7) is 3.57. The van der Waals surface area contributed by atoms with Crippen LogP contribution in [0.15, 0.2) is 27.3 Å². The molecule has 5 heteroatoms. The number of nitrogens with one attached hydrogen (secondary N) is 1. The molecule has 3 rings (SSSR count). The summed E-state index contributed by atoms with van der Waals surface area (Å²) in [5.74, 6) is 1.91. The van der Waals surface area contributed by atoms with Crippen LogP contribution in [-0.2, 0) is 6.42 Å². The molecule has 0 bridgehead atoms. The summed E-state index contributed by atoms with van der Waals surface area (Å²) in [4.78, 5) is 12.5. The van der Waals surface area contributed by atoms with Crippen LogP contribution in [0.4, 0.5) is 0 Å². The Morgan fingerprint density at radius 3 is 2.86 bits per heavy atom. The number of nitrogens with zero attached hydrogens (tertiary/aromatic N) is 1. The van der Waals surface area contributed by atoms with E-state index in [-0.39, 0.29) is 11.9 Å². The third-order valence-corrected chi connectivity index (χ3v) is 4.53. The number of rotatable bonds is 4. The normalized spacial score (nSPS) is 21.7. The van der Waals surface area contributed by atoms with Crippen molar-refractivity contribution in [2.75, 3.05) is 0 Å². The molecule has 0 spiro atoms. The van der Waals surface area contributed by atoms with Crippen molar-refractivity contribution in [1.82, 2.24) is 10.5 Å². The zero-order chi connectivity index (χ0) is 15.5. The van der Waals surface area contributed by atoms with E-state index in [9.17, 15) is 4.79 Å². The van der Waals surface area contributed by atoms with Gasteiger partial charge in [-0.25, -0.2) is 0 Å². The lowest BCUT2D eigenvalue weighted by Gasteiger charge is -2.31. The topological polar surface area (TPSA) is 68.3 Å². The summed E-state index contributed by atoms with van der Waals surface area (Å²) in [5.41, 5.74) is 1.22. The minimum Gasteiger partial charge on any atom is -0.469 e. The van der Waals surface area contributed by atoms with Gasteiger partial charge in [-0.05, 0) is 44.7 Å². The van der Waals surface area contributed by atoms with Gasteiger partial charge in [0, 0.05) is 12.5 Å². The summed E-state index contributed by atoms with van der Waals surface area (Å²) >= 11 is 0. The maximum absolute atomic E-state index is 12.5. The van der Waals surface area contributed by atoms with Crippen molar-refractivity contribution >= 4 is 5.91 Å². The lowest BCUT2D eigenvalue weighted by atomic mass is 9.81. The number of carbonyl (C=O) groups is 1. The van der Waals surface area contributed by atoms with Gasteiger partial charge in [0.2, 0.25) is 0 Å². The van der Waals surface area contributed by atoms with Crippen LogP contribution < -0.4 is 5.32 Å². The Morgan fingerprint density at radius 2 is 2.18 bits per heavy atom. The molecule has 1 saturated carbocycles. The van der Waals surface area contributed by atoms with Gasteiger partial charge in [0.1, 0.15) is 17.1 Å².